The van der Waals surface area contributed by atoms with Crippen molar-refractivity contribution >= 4 is 28.6 Å². The molecular weight excluding hydrogens is 303 g/mol. The van der Waals surface area contributed by atoms with Crippen molar-refractivity contribution in [3.63, 3.8) is 0 Å². The molecule has 4 N–H and O–H groups in total. The van der Waals surface area contributed by atoms with Gasteiger partial charge in [-0.05, 0) is 12.1 Å². The summed E-state index contributed by atoms with van der Waals surface area (Å²) in [5.74, 6) is 0.129. The van der Waals surface area contributed by atoms with Gasteiger partial charge in [-0.1, -0.05) is 0 Å². The van der Waals surface area contributed by atoms with Crippen LogP contribution in [0.3, 0.4) is 0 Å². The Labute approximate surface area is 130 Å². The number of halogens is 1. The number of nitrogen functional groups attached to an aromatic ring is 1. The number of benzene rings is 1. The van der Waals surface area contributed by atoms with Crippen molar-refractivity contribution in [1.82, 2.24) is 19.9 Å². The SMILES string of the molecule is COCCOc1ccc(Nc2nc(N)c3nc[nH]c3n2)cc1F. The number of hydrogen-bond donors (Lipinski definition) is 3. The summed E-state index contributed by atoms with van der Waals surface area (Å²) in [6.45, 7) is 0.660. The molecule has 9 heteroatoms. The predicted molar refractivity (Wildman–Crippen MR) is 83.1 cm³/mol. The third kappa shape index (κ3) is 3.29. The predicted octanol–water partition coefficient (Wildman–Crippen LogP) is 1.84. The van der Waals surface area contributed by atoms with E-state index < -0.39 is 5.82 Å². The van der Waals surface area contributed by atoms with Crippen LogP contribution in [0.15, 0.2) is 24.5 Å². The third-order valence-corrected chi connectivity index (χ3v) is 3.04. The standard InChI is InChI=1S/C14H15FN6O2/c1-22-4-5-23-10-3-2-8(6-9(10)15)19-14-20-12(16)11-13(21-14)18-7-17-11/h2-3,6-7H,4-5H2,1H3,(H4,16,17,18,19,20,21). The van der Waals surface area contributed by atoms with E-state index in [2.05, 4.69) is 25.3 Å². The Morgan fingerprint density at radius 1 is 1.30 bits per heavy atom. The van der Waals surface area contributed by atoms with Crippen LogP contribution in [0.25, 0.3) is 11.2 Å². The van der Waals surface area contributed by atoms with E-state index in [1.54, 1.807) is 13.2 Å². The Balaban J connectivity index is 1.77. The second-order valence-corrected chi connectivity index (χ2v) is 4.64. The van der Waals surface area contributed by atoms with E-state index in [0.717, 1.165) is 0 Å². The van der Waals surface area contributed by atoms with Crippen LogP contribution in [0.1, 0.15) is 0 Å². The normalized spacial score (nSPS) is 10.9. The summed E-state index contributed by atoms with van der Waals surface area (Å²) < 4.78 is 24.1. The minimum Gasteiger partial charge on any atom is -0.488 e. The number of aromatic nitrogens is 4. The van der Waals surface area contributed by atoms with Crippen molar-refractivity contribution in [1.29, 1.82) is 0 Å². The molecule has 0 saturated carbocycles. The highest BCUT2D eigenvalue weighted by atomic mass is 19.1. The van der Waals surface area contributed by atoms with Crippen LogP contribution in [0, 0.1) is 5.82 Å². The zero-order valence-electron chi connectivity index (χ0n) is 12.3. The van der Waals surface area contributed by atoms with Crippen LogP contribution >= 0.6 is 0 Å². The number of aromatic amines is 1. The van der Waals surface area contributed by atoms with Crippen molar-refractivity contribution in [3.05, 3.63) is 30.3 Å². The van der Waals surface area contributed by atoms with Gasteiger partial charge in [-0.15, -0.1) is 0 Å². The van der Waals surface area contributed by atoms with Crippen molar-refractivity contribution in [2.24, 2.45) is 0 Å². The van der Waals surface area contributed by atoms with E-state index in [4.69, 9.17) is 15.2 Å². The number of imidazole rings is 1. The number of anilines is 3. The smallest absolute Gasteiger partial charge is 0.231 e. The fourth-order valence-electron chi connectivity index (χ4n) is 1.97. The molecule has 0 aliphatic rings. The minimum absolute atomic E-state index is 0.150. The summed E-state index contributed by atoms with van der Waals surface area (Å²) in [5.41, 5.74) is 7.26. The number of methoxy groups -OCH3 is 1. The molecule has 0 amide bonds. The van der Waals surface area contributed by atoms with Crippen molar-refractivity contribution in [2.45, 2.75) is 0 Å². The summed E-state index contributed by atoms with van der Waals surface area (Å²) in [6.07, 6.45) is 1.48. The van der Waals surface area contributed by atoms with Crippen LogP contribution in [0.2, 0.25) is 0 Å². The Hall–Kier alpha value is -2.94. The summed E-state index contributed by atoms with van der Waals surface area (Å²) in [6, 6.07) is 4.46. The zero-order valence-corrected chi connectivity index (χ0v) is 12.3. The van der Waals surface area contributed by atoms with Gasteiger partial charge in [-0.3, -0.25) is 0 Å². The van der Waals surface area contributed by atoms with E-state index >= 15 is 0 Å². The summed E-state index contributed by atoms with van der Waals surface area (Å²) in [4.78, 5) is 15.2. The lowest BCUT2D eigenvalue weighted by atomic mass is 10.3. The van der Waals surface area contributed by atoms with Gasteiger partial charge in [0, 0.05) is 18.9 Å². The number of hydrogen-bond acceptors (Lipinski definition) is 7. The van der Waals surface area contributed by atoms with Gasteiger partial charge in [0.1, 0.15) is 12.1 Å². The van der Waals surface area contributed by atoms with E-state index in [0.29, 0.717) is 23.5 Å². The minimum atomic E-state index is -0.498. The molecule has 2 heterocycles. The molecular formula is C14H15FN6O2. The molecule has 120 valence electrons. The van der Waals surface area contributed by atoms with Crippen molar-refractivity contribution in [3.8, 4) is 5.75 Å². The molecule has 2 aromatic heterocycles. The van der Waals surface area contributed by atoms with Gasteiger partial charge in [-0.25, -0.2) is 9.37 Å². The number of nitrogens with one attached hydrogen (secondary N) is 2. The molecule has 0 aliphatic carbocycles. The number of nitrogens with two attached hydrogens (primary N) is 1. The number of fused-ring (bicyclic) bond motifs is 1. The van der Waals surface area contributed by atoms with Gasteiger partial charge >= 0.3 is 0 Å². The van der Waals surface area contributed by atoms with E-state index in [1.807, 2.05) is 0 Å². The molecule has 0 saturated heterocycles. The van der Waals surface area contributed by atoms with Gasteiger partial charge in [0.15, 0.2) is 23.0 Å². The molecule has 1 aromatic carbocycles. The average molecular weight is 318 g/mol. The maximum Gasteiger partial charge on any atom is 0.231 e. The molecule has 0 spiro atoms. The molecule has 0 unspecified atom stereocenters. The topological polar surface area (TPSA) is 111 Å². The molecule has 0 atom stereocenters. The number of rotatable bonds is 6. The second kappa shape index (κ2) is 6.44. The monoisotopic (exact) mass is 318 g/mol. The van der Waals surface area contributed by atoms with Gasteiger partial charge in [0.25, 0.3) is 0 Å². The number of ether oxygens (including phenoxy) is 2. The Morgan fingerprint density at radius 2 is 2.17 bits per heavy atom. The summed E-state index contributed by atoms with van der Waals surface area (Å²) in [7, 11) is 1.55. The highest BCUT2D eigenvalue weighted by Crippen LogP contribution is 2.24. The lowest BCUT2D eigenvalue weighted by Gasteiger charge is -2.09. The van der Waals surface area contributed by atoms with Crippen LogP contribution in [-0.2, 0) is 4.74 Å². The molecule has 23 heavy (non-hydrogen) atoms. The molecule has 0 radical (unpaired) electrons. The van der Waals surface area contributed by atoms with E-state index in [-0.39, 0.29) is 24.1 Å². The first-order valence-electron chi connectivity index (χ1n) is 6.82. The van der Waals surface area contributed by atoms with Gasteiger partial charge < -0.3 is 25.5 Å². The first-order chi connectivity index (χ1) is 11.2. The van der Waals surface area contributed by atoms with Crippen molar-refractivity contribution in [2.75, 3.05) is 31.4 Å². The maximum atomic E-state index is 14.0. The fourth-order valence-corrected chi connectivity index (χ4v) is 1.97. The number of nitrogens with zero attached hydrogens (tertiary/aromatic N) is 3. The van der Waals surface area contributed by atoms with Crippen molar-refractivity contribution < 1.29 is 13.9 Å². The van der Waals surface area contributed by atoms with Crippen LogP contribution in [-0.4, -0.2) is 40.3 Å². The van der Waals surface area contributed by atoms with Crippen LogP contribution in [0.5, 0.6) is 5.75 Å². The van der Waals surface area contributed by atoms with E-state index in [9.17, 15) is 4.39 Å². The highest BCUT2D eigenvalue weighted by molar-refractivity contribution is 5.82. The van der Waals surface area contributed by atoms with Crippen LogP contribution < -0.4 is 15.8 Å². The molecule has 0 fully saturated rings. The summed E-state index contributed by atoms with van der Waals surface area (Å²) in [5, 5.41) is 2.89. The molecule has 3 aromatic rings. The Bertz CT molecular complexity index is 822. The first kappa shape index (κ1) is 15.0. The van der Waals surface area contributed by atoms with Gasteiger partial charge in [0.05, 0.1) is 12.9 Å². The zero-order chi connectivity index (χ0) is 16.2. The molecule has 0 aliphatic heterocycles. The Kier molecular flexibility index (Phi) is 4.20. The quantitative estimate of drug-likeness (QED) is 0.595. The number of H-pyrrole nitrogens is 1. The molecule has 8 nitrogen and oxygen atoms in total. The highest BCUT2D eigenvalue weighted by Gasteiger charge is 2.09. The van der Waals surface area contributed by atoms with Crippen LogP contribution in [0.4, 0.5) is 21.8 Å². The fraction of sp³-hybridized carbons (Fsp3) is 0.214. The lowest BCUT2D eigenvalue weighted by molar-refractivity contribution is 0.144. The van der Waals surface area contributed by atoms with Gasteiger partial charge in [-0.2, -0.15) is 9.97 Å². The summed E-state index contributed by atoms with van der Waals surface area (Å²) >= 11 is 0. The largest absolute Gasteiger partial charge is 0.488 e. The second-order valence-electron chi connectivity index (χ2n) is 4.64. The first-order valence-corrected chi connectivity index (χ1v) is 6.82. The molecule has 0 bridgehead atoms. The average Bonchev–Trinajstić information content (AvgIpc) is 2.98. The maximum absolute atomic E-state index is 14.0. The van der Waals surface area contributed by atoms with Gasteiger partial charge in [0.2, 0.25) is 5.95 Å². The molecule has 3 rings (SSSR count). The Morgan fingerprint density at radius 3 is 2.96 bits per heavy atom. The van der Waals surface area contributed by atoms with E-state index in [1.165, 1.54) is 18.5 Å². The lowest BCUT2D eigenvalue weighted by Crippen LogP contribution is -2.06. The third-order valence-electron chi connectivity index (χ3n) is 3.04.